The molecule has 3 aliphatic rings. The van der Waals surface area contributed by atoms with Crippen molar-refractivity contribution in [3.8, 4) is 0 Å². The number of likely N-dealkylation sites (N-methyl/N-ethyl adjacent to an activating group) is 1. The SMILES string of the molecule is CN1CCN(c2nc3c(C(=O)NC4CC5CCCC(C4)N5C)cc(Cl)cc3o2)CC1. The van der Waals surface area contributed by atoms with Gasteiger partial charge in [-0.2, -0.15) is 4.98 Å². The summed E-state index contributed by atoms with van der Waals surface area (Å²) in [5.41, 5.74) is 1.67. The molecule has 3 fully saturated rings. The highest BCUT2D eigenvalue weighted by Gasteiger charge is 2.36. The Hall–Kier alpha value is -1.83. The molecule has 2 bridgehead atoms. The molecule has 3 saturated heterocycles. The highest BCUT2D eigenvalue weighted by Crippen LogP contribution is 2.33. The molecule has 1 N–H and O–H groups in total. The van der Waals surface area contributed by atoms with Gasteiger partial charge in [0, 0.05) is 55.4 Å². The second-order valence-corrected chi connectivity index (χ2v) is 9.57. The van der Waals surface area contributed by atoms with E-state index in [1.165, 1.54) is 19.3 Å². The highest BCUT2D eigenvalue weighted by atomic mass is 35.5. The maximum atomic E-state index is 13.2. The number of fused-ring (bicyclic) bond motifs is 3. The zero-order valence-corrected chi connectivity index (χ0v) is 18.5. The third-order valence-corrected chi connectivity index (χ3v) is 7.36. The number of anilines is 1. The summed E-state index contributed by atoms with van der Waals surface area (Å²) < 4.78 is 6.00. The monoisotopic (exact) mass is 431 g/mol. The van der Waals surface area contributed by atoms with Gasteiger partial charge in [-0.05, 0) is 45.8 Å². The van der Waals surface area contributed by atoms with E-state index in [0.29, 0.717) is 39.8 Å². The number of nitrogens with one attached hydrogen (secondary N) is 1. The highest BCUT2D eigenvalue weighted by molar-refractivity contribution is 6.32. The molecule has 2 unspecified atom stereocenters. The van der Waals surface area contributed by atoms with Crippen molar-refractivity contribution in [1.82, 2.24) is 20.1 Å². The van der Waals surface area contributed by atoms with E-state index < -0.39 is 0 Å². The molecular formula is C22H30ClN5O2. The Bertz CT molecular complexity index is 925. The predicted octanol–water partition coefficient (Wildman–Crippen LogP) is 2.98. The molecule has 1 aromatic heterocycles. The van der Waals surface area contributed by atoms with Crippen LogP contribution in [-0.2, 0) is 0 Å². The minimum atomic E-state index is -0.103. The van der Waals surface area contributed by atoms with Crippen LogP contribution in [0, 0.1) is 0 Å². The number of benzene rings is 1. The van der Waals surface area contributed by atoms with Crippen LogP contribution in [0.5, 0.6) is 0 Å². The fourth-order valence-corrected chi connectivity index (χ4v) is 5.50. The number of aromatic nitrogens is 1. The molecule has 1 amide bonds. The van der Waals surface area contributed by atoms with E-state index >= 15 is 0 Å². The van der Waals surface area contributed by atoms with Crippen molar-refractivity contribution in [2.75, 3.05) is 45.2 Å². The van der Waals surface area contributed by atoms with E-state index in [2.05, 4.69) is 34.1 Å². The summed E-state index contributed by atoms with van der Waals surface area (Å²) >= 11 is 6.33. The van der Waals surface area contributed by atoms with Crippen molar-refractivity contribution < 1.29 is 9.21 Å². The molecular weight excluding hydrogens is 402 g/mol. The lowest BCUT2D eigenvalue weighted by atomic mass is 9.82. The number of rotatable bonds is 3. The lowest BCUT2D eigenvalue weighted by Gasteiger charge is -2.47. The Morgan fingerprint density at radius 1 is 1.13 bits per heavy atom. The molecule has 0 radical (unpaired) electrons. The number of nitrogens with zero attached hydrogens (tertiary/aromatic N) is 4. The van der Waals surface area contributed by atoms with Crippen LogP contribution in [0.3, 0.4) is 0 Å². The first-order chi connectivity index (χ1) is 14.5. The van der Waals surface area contributed by atoms with Gasteiger partial charge in [0.25, 0.3) is 11.9 Å². The number of amides is 1. The second kappa shape index (κ2) is 8.02. The van der Waals surface area contributed by atoms with Gasteiger partial charge in [-0.1, -0.05) is 18.0 Å². The number of carbonyl (C=O) groups excluding carboxylic acids is 1. The molecule has 3 aliphatic heterocycles. The first-order valence-corrected chi connectivity index (χ1v) is 11.4. The Labute approximate surface area is 182 Å². The van der Waals surface area contributed by atoms with E-state index in [0.717, 1.165) is 39.0 Å². The van der Waals surface area contributed by atoms with Crippen LogP contribution in [0.15, 0.2) is 16.5 Å². The molecule has 0 saturated carbocycles. The molecule has 30 heavy (non-hydrogen) atoms. The van der Waals surface area contributed by atoms with E-state index in [4.69, 9.17) is 21.0 Å². The summed E-state index contributed by atoms with van der Waals surface area (Å²) in [6.45, 7) is 3.64. The fourth-order valence-electron chi connectivity index (χ4n) is 5.29. The molecule has 0 spiro atoms. The quantitative estimate of drug-likeness (QED) is 0.806. The smallest absolute Gasteiger partial charge is 0.298 e. The lowest BCUT2D eigenvalue weighted by molar-refractivity contribution is 0.0463. The van der Waals surface area contributed by atoms with Gasteiger partial charge in [0.1, 0.15) is 5.52 Å². The second-order valence-electron chi connectivity index (χ2n) is 9.13. The van der Waals surface area contributed by atoms with Gasteiger partial charge in [-0.25, -0.2) is 0 Å². The summed E-state index contributed by atoms with van der Waals surface area (Å²) in [5, 5.41) is 3.77. The van der Waals surface area contributed by atoms with Gasteiger partial charge in [0.15, 0.2) is 5.58 Å². The molecule has 2 atom stereocenters. The maximum absolute atomic E-state index is 13.2. The minimum Gasteiger partial charge on any atom is -0.423 e. The van der Waals surface area contributed by atoms with E-state index in [9.17, 15) is 4.79 Å². The van der Waals surface area contributed by atoms with Crippen molar-refractivity contribution in [2.24, 2.45) is 0 Å². The third-order valence-electron chi connectivity index (χ3n) is 7.14. The van der Waals surface area contributed by atoms with E-state index in [1.807, 2.05) is 0 Å². The number of halogens is 1. The van der Waals surface area contributed by atoms with Crippen LogP contribution in [0.2, 0.25) is 5.02 Å². The molecule has 5 rings (SSSR count). The van der Waals surface area contributed by atoms with Crippen molar-refractivity contribution in [3.63, 3.8) is 0 Å². The molecule has 7 nitrogen and oxygen atoms in total. The molecule has 4 heterocycles. The first kappa shape index (κ1) is 20.1. The van der Waals surface area contributed by atoms with Crippen molar-refractivity contribution >= 4 is 34.6 Å². The Kier molecular flexibility index (Phi) is 5.37. The Morgan fingerprint density at radius 3 is 2.53 bits per heavy atom. The number of oxazole rings is 1. The van der Waals surface area contributed by atoms with Crippen molar-refractivity contribution in [1.29, 1.82) is 0 Å². The number of hydrogen-bond acceptors (Lipinski definition) is 6. The van der Waals surface area contributed by atoms with Crippen LogP contribution in [0.4, 0.5) is 6.01 Å². The maximum Gasteiger partial charge on any atom is 0.298 e. The normalized spacial score (nSPS) is 28.1. The summed E-state index contributed by atoms with van der Waals surface area (Å²) in [6.07, 6.45) is 5.75. The standard InChI is InChI=1S/C22H30ClN5O2/c1-26-6-8-28(9-7-26)22-25-20-18(10-14(23)11-19(20)30-22)21(29)24-15-12-16-4-3-5-17(13-15)27(16)2/h10-11,15-17H,3-9,12-13H2,1-2H3,(H,24,29). The zero-order valence-electron chi connectivity index (χ0n) is 17.7. The van der Waals surface area contributed by atoms with Gasteiger partial charge in [0.2, 0.25) is 0 Å². The number of piperazine rings is 1. The first-order valence-electron chi connectivity index (χ1n) is 11.0. The van der Waals surface area contributed by atoms with Gasteiger partial charge in [0.05, 0.1) is 5.56 Å². The van der Waals surface area contributed by atoms with Gasteiger partial charge in [-0.15, -0.1) is 0 Å². The fraction of sp³-hybridized carbons (Fsp3) is 0.636. The lowest BCUT2D eigenvalue weighted by Crippen LogP contribution is -2.55. The summed E-state index contributed by atoms with van der Waals surface area (Å²) in [7, 11) is 4.34. The van der Waals surface area contributed by atoms with E-state index in [-0.39, 0.29) is 11.9 Å². The Morgan fingerprint density at radius 2 is 1.83 bits per heavy atom. The molecule has 0 aliphatic carbocycles. The third kappa shape index (κ3) is 3.79. The largest absolute Gasteiger partial charge is 0.423 e. The van der Waals surface area contributed by atoms with Crippen LogP contribution in [0.25, 0.3) is 11.1 Å². The van der Waals surface area contributed by atoms with Gasteiger partial charge < -0.3 is 24.4 Å². The van der Waals surface area contributed by atoms with Crippen molar-refractivity contribution in [3.05, 3.63) is 22.7 Å². The van der Waals surface area contributed by atoms with Crippen LogP contribution in [-0.4, -0.2) is 79.1 Å². The van der Waals surface area contributed by atoms with Crippen LogP contribution in [0.1, 0.15) is 42.5 Å². The molecule has 162 valence electrons. The van der Waals surface area contributed by atoms with Crippen LogP contribution >= 0.6 is 11.6 Å². The number of hydrogen-bond donors (Lipinski definition) is 1. The molecule has 8 heteroatoms. The average Bonchev–Trinajstić information content (AvgIpc) is 3.12. The van der Waals surface area contributed by atoms with Gasteiger partial charge in [-0.3, -0.25) is 4.79 Å². The topological polar surface area (TPSA) is 64.8 Å². The zero-order chi connectivity index (χ0) is 20.8. The number of piperidine rings is 2. The summed E-state index contributed by atoms with van der Waals surface area (Å²) in [6, 6.07) is 5.37. The Balaban J connectivity index is 1.37. The van der Waals surface area contributed by atoms with Crippen LogP contribution < -0.4 is 10.2 Å². The summed E-state index contributed by atoms with van der Waals surface area (Å²) in [4.78, 5) is 24.8. The predicted molar refractivity (Wildman–Crippen MR) is 118 cm³/mol. The number of carbonyl (C=O) groups is 1. The van der Waals surface area contributed by atoms with Crippen molar-refractivity contribution in [2.45, 2.75) is 50.2 Å². The molecule has 2 aromatic rings. The molecule has 1 aromatic carbocycles. The van der Waals surface area contributed by atoms with E-state index in [1.54, 1.807) is 12.1 Å². The summed E-state index contributed by atoms with van der Waals surface area (Å²) in [5.74, 6) is -0.103. The van der Waals surface area contributed by atoms with Gasteiger partial charge >= 0.3 is 0 Å². The average molecular weight is 432 g/mol. The minimum absolute atomic E-state index is 0.103.